The molecule has 0 aromatic heterocycles. The van der Waals surface area contributed by atoms with Gasteiger partial charge >= 0.3 is 0 Å². The van der Waals surface area contributed by atoms with E-state index in [9.17, 15) is 5.11 Å². The number of hydrogen-bond acceptors (Lipinski definition) is 3. The molecule has 0 spiro atoms. The van der Waals surface area contributed by atoms with Crippen LogP contribution < -0.4 is 11.1 Å². The Hall–Kier alpha value is -1.02. The number of guanidine groups is 1. The summed E-state index contributed by atoms with van der Waals surface area (Å²) in [5.74, 6) is 0.791. The van der Waals surface area contributed by atoms with Crippen molar-refractivity contribution in [2.24, 2.45) is 10.7 Å². The predicted molar refractivity (Wildman–Crippen MR) is 97.4 cm³/mol. The number of hydrogen-bond donors (Lipinski definition) is 3. The lowest BCUT2D eigenvalue weighted by Crippen LogP contribution is -2.33. The predicted octanol–water partition coefficient (Wildman–Crippen LogP) is 2.27. The standard InChI is InChI=1S/C15H25N3O2.HI/c1-2-20-12-4-11-18-15(16)17-10-3-5-13-6-8-14(19)9-7-13;/h6-9,19H,2-5,10-12H2,1H3,(H3,16,17,18);1H. The molecular formula is C15H26IN3O2. The van der Waals surface area contributed by atoms with E-state index in [1.165, 1.54) is 5.56 Å². The van der Waals surface area contributed by atoms with Crippen LogP contribution in [0.1, 0.15) is 25.3 Å². The number of aromatic hydroxyl groups is 1. The molecular weight excluding hydrogens is 381 g/mol. The molecule has 0 aliphatic carbocycles. The van der Waals surface area contributed by atoms with Crippen molar-refractivity contribution in [3.8, 4) is 5.75 Å². The zero-order valence-corrected chi connectivity index (χ0v) is 14.9. The second-order valence-electron chi connectivity index (χ2n) is 4.51. The van der Waals surface area contributed by atoms with Crippen molar-refractivity contribution in [3.63, 3.8) is 0 Å². The van der Waals surface area contributed by atoms with Crippen molar-refractivity contribution in [2.45, 2.75) is 26.2 Å². The Kier molecular flexibility index (Phi) is 12.1. The maximum absolute atomic E-state index is 9.18. The Labute approximate surface area is 144 Å². The summed E-state index contributed by atoms with van der Waals surface area (Å²) < 4.78 is 5.23. The summed E-state index contributed by atoms with van der Waals surface area (Å²) in [5.41, 5.74) is 6.95. The van der Waals surface area contributed by atoms with Gasteiger partial charge in [-0.25, -0.2) is 0 Å². The number of aliphatic imine (C=N–C) groups is 1. The van der Waals surface area contributed by atoms with Crippen LogP contribution in [-0.4, -0.2) is 37.4 Å². The van der Waals surface area contributed by atoms with E-state index in [4.69, 9.17) is 10.5 Å². The first-order valence-corrected chi connectivity index (χ1v) is 7.12. The highest BCUT2D eigenvalue weighted by molar-refractivity contribution is 14.0. The number of nitrogens with one attached hydrogen (secondary N) is 1. The highest BCUT2D eigenvalue weighted by atomic mass is 127. The van der Waals surface area contributed by atoms with Gasteiger partial charge in [0.25, 0.3) is 0 Å². The molecule has 5 nitrogen and oxygen atoms in total. The molecule has 0 atom stereocenters. The number of halogens is 1. The molecule has 0 fully saturated rings. The van der Waals surface area contributed by atoms with E-state index >= 15 is 0 Å². The number of rotatable bonds is 9. The van der Waals surface area contributed by atoms with Crippen LogP contribution in [0.3, 0.4) is 0 Å². The second-order valence-corrected chi connectivity index (χ2v) is 4.51. The van der Waals surface area contributed by atoms with Crippen LogP contribution in [-0.2, 0) is 11.2 Å². The molecule has 0 aliphatic heterocycles. The first kappa shape index (κ1) is 20.0. The van der Waals surface area contributed by atoms with Gasteiger partial charge < -0.3 is 20.9 Å². The van der Waals surface area contributed by atoms with Gasteiger partial charge in [0.15, 0.2) is 5.96 Å². The lowest BCUT2D eigenvalue weighted by molar-refractivity contribution is 0.145. The molecule has 0 saturated carbocycles. The molecule has 0 unspecified atom stereocenters. The summed E-state index contributed by atoms with van der Waals surface area (Å²) in [5, 5.41) is 12.2. The molecule has 21 heavy (non-hydrogen) atoms. The average molecular weight is 407 g/mol. The summed E-state index contributed by atoms with van der Waals surface area (Å²) in [6.45, 7) is 4.97. The van der Waals surface area contributed by atoms with Gasteiger partial charge in [-0.05, 0) is 43.9 Å². The molecule has 1 aromatic rings. The van der Waals surface area contributed by atoms with Crippen LogP contribution in [0.4, 0.5) is 0 Å². The Balaban J connectivity index is 0.00000400. The minimum atomic E-state index is 0. The fourth-order valence-electron chi connectivity index (χ4n) is 1.74. The van der Waals surface area contributed by atoms with Crippen molar-refractivity contribution >= 4 is 29.9 Å². The third-order valence-electron chi connectivity index (χ3n) is 2.82. The third-order valence-corrected chi connectivity index (χ3v) is 2.82. The van der Waals surface area contributed by atoms with Gasteiger partial charge in [-0.3, -0.25) is 4.99 Å². The van der Waals surface area contributed by atoms with Crippen molar-refractivity contribution < 1.29 is 9.84 Å². The van der Waals surface area contributed by atoms with E-state index in [2.05, 4.69) is 10.3 Å². The molecule has 0 amide bonds. The summed E-state index contributed by atoms with van der Waals surface area (Å²) in [6.07, 6.45) is 2.80. The molecule has 6 heteroatoms. The van der Waals surface area contributed by atoms with Gasteiger partial charge in [-0.1, -0.05) is 12.1 Å². The van der Waals surface area contributed by atoms with Gasteiger partial charge in [0.05, 0.1) is 0 Å². The van der Waals surface area contributed by atoms with Crippen LogP contribution in [0.5, 0.6) is 5.75 Å². The number of phenolic OH excluding ortho intramolecular Hbond substituents is 1. The Morgan fingerprint density at radius 3 is 2.67 bits per heavy atom. The molecule has 0 radical (unpaired) electrons. The molecule has 4 N–H and O–H groups in total. The van der Waals surface area contributed by atoms with Crippen LogP contribution in [0.2, 0.25) is 0 Å². The van der Waals surface area contributed by atoms with E-state index in [0.29, 0.717) is 18.3 Å². The fourth-order valence-corrected chi connectivity index (χ4v) is 1.74. The topological polar surface area (TPSA) is 79.9 Å². The van der Waals surface area contributed by atoms with Crippen molar-refractivity contribution in [1.82, 2.24) is 5.32 Å². The summed E-state index contributed by atoms with van der Waals surface area (Å²) in [6, 6.07) is 7.25. The van der Waals surface area contributed by atoms with Crippen molar-refractivity contribution in [3.05, 3.63) is 29.8 Å². The molecule has 0 heterocycles. The number of phenols is 1. The van der Waals surface area contributed by atoms with Crippen LogP contribution >= 0.6 is 24.0 Å². The lowest BCUT2D eigenvalue weighted by atomic mass is 10.1. The first-order chi connectivity index (χ1) is 9.72. The zero-order valence-electron chi connectivity index (χ0n) is 12.5. The lowest BCUT2D eigenvalue weighted by Gasteiger charge is -2.05. The summed E-state index contributed by atoms with van der Waals surface area (Å²) in [7, 11) is 0. The highest BCUT2D eigenvalue weighted by Gasteiger charge is 1.95. The van der Waals surface area contributed by atoms with Crippen LogP contribution in [0.15, 0.2) is 29.3 Å². The quantitative estimate of drug-likeness (QED) is 0.254. The van der Waals surface area contributed by atoms with Gasteiger partial charge in [-0.15, -0.1) is 24.0 Å². The normalized spacial score (nSPS) is 11.0. The second kappa shape index (κ2) is 12.7. The van der Waals surface area contributed by atoms with E-state index in [0.717, 1.165) is 39.0 Å². The maximum Gasteiger partial charge on any atom is 0.188 e. The Morgan fingerprint density at radius 2 is 2.00 bits per heavy atom. The van der Waals surface area contributed by atoms with Gasteiger partial charge in [0, 0.05) is 26.3 Å². The van der Waals surface area contributed by atoms with Crippen molar-refractivity contribution in [1.29, 1.82) is 0 Å². The third kappa shape index (κ3) is 10.4. The number of benzene rings is 1. The summed E-state index contributed by atoms with van der Waals surface area (Å²) in [4.78, 5) is 4.27. The maximum atomic E-state index is 9.18. The number of nitrogens with two attached hydrogens (primary N) is 1. The largest absolute Gasteiger partial charge is 0.508 e. The smallest absolute Gasteiger partial charge is 0.188 e. The van der Waals surface area contributed by atoms with Gasteiger partial charge in [0.2, 0.25) is 0 Å². The minimum Gasteiger partial charge on any atom is -0.508 e. The SMILES string of the molecule is CCOCCCNC(N)=NCCCc1ccc(O)cc1.I. The molecule has 0 bridgehead atoms. The minimum absolute atomic E-state index is 0. The molecule has 1 rings (SSSR count). The first-order valence-electron chi connectivity index (χ1n) is 7.12. The Bertz CT molecular complexity index is 396. The van der Waals surface area contributed by atoms with Crippen molar-refractivity contribution in [2.75, 3.05) is 26.3 Å². The molecule has 1 aromatic carbocycles. The number of ether oxygens (including phenoxy) is 1. The summed E-state index contributed by atoms with van der Waals surface area (Å²) >= 11 is 0. The van der Waals surface area contributed by atoms with E-state index in [1.807, 2.05) is 19.1 Å². The van der Waals surface area contributed by atoms with Crippen LogP contribution in [0.25, 0.3) is 0 Å². The monoisotopic (exact) mass is 407 g/mol. The Morgan fingerprint density at radius 1 is 1.29 bits per heavy atom. The van der Waals surface area contributed by atoms with Gasteiger partial charge in [-0.2, -0.15) is 0 Å². The number of aryl methyl sites for hydroxylation is 1. The van der Waals surface area contributed by atoms with E-state index < -0.39 is 0 Å². The van der Waals surface area contributed by atoms with E-state index in [1.54, 1.807) is 12.1 Å². The average Bonchev–Trinajstić information content (AvgIpc) is 2.45. The molecule has 120 valence electrons. The molecule has 0 saturated heterocycles. The van der Waals surface area contributed by atoms with Gasteiger partial charge in [0.1, 0.15) is 5.75 Å². The fraction of sp³-hybridized carbons (Fsp3) is 0.533. The highest BCUT2D eigenvalue weighted by Crippen LogP contribution is 2.10. The van der Waals surface area contributed by atoms with E-state index in [-0.39, 0.29) is 24.0 Å². The zero-order chi connectivity index (χ0) is 14.6. The van der Waals surface area contributed by atoms with Crippen LogP contribution in [0, 0.1) is 0 Å². The molecule has 0 aliphatic rings. The number of nitrogens with zero attached hydrogens (tertiary/aromatic N) is 1.